The number of ether oxygens (including phenoxy) is 1. The fourth-order valence-corrected chi connectivity index (χ4v) is 6.06. The van der Waals surface area contributed by atoms with Crippen molar-refractivity contribution in [2.75, 3.05) is 49.1 Å². The van der Waals surface area contributed by atoms with Crippen LogP contribution in [0.3, 0.4) is 0 Å². The van der Waals surface area contributed by atoms with Crippen molar-refractivity contribution in [2.24, 2.45) is 0 Å². The lowest BCUT2D eigenvalue weighted by molar-refractivity contribution is -0.131. The van der Waals surface area contributed by atoms with Gasteiger partial charge in [0.05, 0.1) is 18.6 Å². The standard InChI is InChI=1S/C31H33N7O3/c39-28(11-10-25-6-3-17-40-25)37-15-13-36(14-16-37)23-9-8-22-4-1-7-27(26(22)18-23)41-19-24-5-2-12-38(24)31-29-30(33-20-32-29)34-21-35-31/h1,3-4,6-9,17-18,20-21,24H,2,5,10-16,19H2,(H,32,33,34,35)/t24-/m1/s1. The predicted octanol–water partition coefficient (Wildman–Crippen LogP) is 4.43. The Kier molecular flexibility index (Phi) is 6.88. The van der Waals surface area contributed by atoms with E-state index in [1.54, 1.807) is 18.9 Å². The Morgan fingerprint density at radius 2 is 1.95 bits per heavy atom. The monoisotopic (exact) mass is 551 g/mol. The highest BCUT2D eigenvalue weighted by molar-refractivity contribution is 5.91. The van der Waals surface area contributed by atoms with Gasteiger partial charge in [-0.15, -0.1) is 0 Å². The fourth-order valence-electron chi connectivity index (χ4n) is 6.06. The van der Waals surface area contributed by atoms with Gasteiger partial charge in [-0.3, -0.25) is 4.79 Å². The predicted molar refractivity (Wildman–Crippen MR) is 157 cm³/mol. The minimum absolute atomic E-state index is 0.187. The van der Waals surface area contributed by atoms with Crippen LogP contribution in [0.4, 0.5) is 11.5 Å². The third-order valence-corrected chi connectivity index (χ3v) is 8.27. The highest BCUT2D eigenvalue weighted by Gasteiger charge is 2.29. The Balaban J connectivity index is 1.02. The molecule has 2 aliphatic rings. The molecule has 1 atom stereocenters. The van der Waals surface area contributed by atoms with Crippen LogP contribution in [0.5, 0.6) is 5.75 Å². The molecule has 2 aliphatic heterocycles. The number of nitrogens with one attached hydrogen (secondary N) is 1. The number of amides is 1. The average molecular weight is 552 g/mol. The summed E-state index contributed by atoms with van der Waals surface area (Å²) in [6, 6.07) is 16.8. The molecule has 2 saturated heterocycles. The second-order valence-corrected chi connectivity index (χ2v) is 10.7. The largest absolute Gasteiger partial charge is 0.491 e. The summed E-state index contributed by atoms with van der Waals surface area (Å²) >= 11 is 0. The summed E-state index contributed by atoms with van der Waals surface area (Å²) in [4.78, 5) is 35.7. The number of H-pyrrole nitrogens is 1. The lowest BCUT2D eigenvalue weighted by atomic mass is 10.1. The third-order valence-electron chi connectivity index (χ3n) is 8.27. The van der Waals surface area contributed by atoms with Crippen molar-refractivity contribution in [3.05, 3.63) is 73.2 Å². The van der Waals surface area contributed by atoms with Gasteiger partial charge in [0, 0.05) is 56.6 Å². The van der Waals surface area contributed by atoms with Gasteiger partial charge in [-0.2, -0.15) is 0 Å². The van der Waals surface area contributed by atoms with E-state index in [9.17, 15) is 4.79 Å². The number of aromatic amines is 1. The van der Waals surface area contributed by atoms with Gasteiger partial charge in [0.2, 0.25) is 5.91 Å². The number of furan rings is 1. The maximum atomic E-state index is 12.7. The van der Waals surface area contributed by atoms with Gasteiger partial charge < -0.3 is 28.8 Å². The normalized spacial score (nSPS) is 17.6. The Morgan fingerprint density at radius 1 is 1.02 bits per heavy atom. The molecule has 7 rings (SSSR count). The molecule has 0 aliphatic carbocycles. The quantitative estimate of drug-likeness (QED) is 0.302. The lowest BCUT2D eigenvalue weighted by Gasteiger charge is -2.36. The molecule has 3 aromatic heterocycles. The molecule has 10 heteroatoms. The summed E-state index contributed by atoms with van der Waals surface area (Å²) in [5.41, 5.74) is 2.71. The maximum absolute atomic E-state index is 12.7. The van der Waals surface area contributed by atoms with Crippen molar-refractivity contribution >= 4 is 39.3 Å². The zero-order chi connectivity index (χ0) is 27.6. The van der Waals surface area contributed by atoms with Crippen LogP contribution in [0.25, 0.3) is 21.9 Å². The van der Waals surface area contributed by atoms with E-state index in [1.807, 2.05) is 17.0 Å². The molecule has 1 N–H and O–H groups in total. The van der Waals surface area contributed by atoms with Crippen LogP contribution < -0.4 is 14.5 Å². The Labute approximate surface area is 237 Å². The molecule has 0 spiro atoms. The molecule has 5 heterocycles. The van der Waals surface area contributed by atoms with E-state index in [-0.39, 0.29) is 11.9 Å². The Morgan fingerprint density at radius 3 is 2.83 bits per heavy atom. The van der Waals surface area contributed by atoms with E-state index in [0.717, 1.165) is 84.9 Å². The molecule has 2 fully saturated rings. The first-order valence-corrected chi connectivity index (χ1v) is 14.3. The molecule has 0 radical (unpaired) electrons. The number of benzene rings is 2. The van der Waals surface area contributed by atoms with Crippen LogP contribution in [0.2, 0.25) is 0 Å². The van der Waals surface area contributed by atoms with Crippen LogP contribution in [-0.4, -0.2) is 76.1 Å². The van der Waals surface area contributed by atoms with Crippen molar-refractivity contribution in [1.29, 1.82) is 0 Å². The number of hydrogen-bond acceptors (Lipinski definition) is 8. The number of aryl methyl sites for hydroxylation is 1. The number of rotatable bonds is 8. The summed E-state index contributed by atoms with van der Waals surface area (Å²) in [6.07, 6.45) is 8.15. The van der Waals surface area contributed by atoms with E-state index >= 15 is 0 Å². The number of aromatic nitrogens is 4. The molecular formula is C31H33N7O3. The van der Waals surface area contributed by atoms with Crippen molar-refractivity contribution < 1.29 is 13.9 Å². The Hall–Kier alpha value is -4.60. The minimum Gasteiger partial charge on any atom is -0.491 e. The average Bonchev–Trinajstić information content (AvgIpc) is 3.81. The van der Waals surface area contributed by atoms with Crippen LogP contribution >= 0.6 is 0 Å². The van der Waals surface area contributed by atoms with E-state index < -0.39 is 0 Å². The van der Waals surface area contributed by atoms with Gasteiger partial charge in [-0.05, 0) is 48.6 Å². The SMILES string of the molecule is O=C(CCc1ccco1)N1CCN(c2ccc3cccc(OC[C@H]4CCCN4c4ncnc5nc[nH]c45)c3c2)CC1. The highest BCUT2D eigenvalue weighted by Crippen LogP contribution is 2.32. The minimum atomic E-state index is 0.187. The van der Waals surface area contributed by atoms with Crippen molar-refractivity contribution in [2.45, 2.75) is 31.7 Å². The number of carbonyl (C=O) groups is 1. The zero-order valence-electron chi connectivity index (χ0n) is 22.9. The second kappa shape index (κ2) is 11.1. The molecule has 0 saturated carbocycles. The van der Waals surface area contributed by atoms with Gasteiger partial charge in [0.1, 0.15) is 30.0 Å². The van der Waals surface area contributed by atoms with E-state index in [2.05, 4.69) is 66.1 Å². The van der Waals surface area contributed by atoms with Crippen LogP contribution in [0.1, 0.15) is 25.0 Å². The molecule has 5 aromatic rings. The van der Waals surface area contributed by atoms with Crippen molar-refractivity contribution in [3.8, 4) is 5.75 Å². The van der Waals surface area contributed by atoms with Crippen LogP contribution in [0, 0.1) is 0 Å². The van der Waals surface area contributed by atoms with Gasteiger partial charge in [-0.25, -0.2) is 15.0 Å². The van der Waals surface area contributed by atoms with Crippen molar-refractivity contribution in [1.82, 2.24) is 24.8 Å². The number of piperazine rings is 1. The van der Waals surface area contributed by atoms with Gasteiger partial charge >= 0.3 is 0 Å². The number of hydrogen-bond donors (Lipinski definition) is 1. The topological polar surface area (TPSA) is 104 Å². The Bertz CT molecular complexity index is 1640. The highest BCUT2D eigenvalue weighted by atomic mass is 16.5. The second-order valence-electron chi connectivity index (χ2n) is 10.7. The number of fused-ring (bicyclic) bond motifs is 2. The first-order chi connectivity index (χ1) is 20.2. The van der Waals surface area contributed by atoms with Crippen LogP contribution in [0.15, 0.2) is 71.9 Å². The van der Waals surface area contributed by atoms with E-state index in [1.165, 1.54) is 0 Å². The summed E-state index contributed by atoms with van der Waals surface area (Å²) in [7, 11) is 0. The lowest BCUT2D eigenvalue weighted by Crippen LogP contribution is -2.48. The zero-order valence-corrected chi connectivity index (χ0v) is 22.9. The van der Waals surface area contributed by atoms with Gasteiger partial charge in [0.15, 0.2) is 11.5 Å². The molecule has 41 heavy (non-hydrogen) atoms. The van der Waals surface area contributed by atoms with E-state index in [4.69, 9.17) is 9.15 Å². The molecule has 2 aromatic carbocycles. The maximum Gasteiger partial charge on any atom is 0.223 e. The summed E-state index contributed by atoms with van der Waals surface area (Å²) in [5.74, 6) is 2.82. The molecule has 0 unspecified atom stereocenters. The summed E-state index contributed by atoms with van der Waals surface area (Å²) in [6.45, 7) is 4.55. The first kappa shape index (κ1) is 25.4. The molecule has 10 nitrogen and oxygen atoms in total. The number of imidazole rings is 1. The molecular weight excluding hydrogens is 518 g/mol. The molecule has 1 amide bonds. The number of anilines is 2. The van der Waals surface area contributed by atoms with Crippen molar-refractivity contribution in [3.63, 3.8) is 0 Å². The molecule has 210 valence electrons. The third kappa shape index (κ3) is 5.17. The van der Waals surface area contributed by atoms with Gasteiger partial charge in [-0.1, -0.05) is 18.2 Å². The summed E-state index contributed by atoms with van der Waals surface area (Å²) < 4.78 is 11.9. The molecule has 0 bridgehead atoms. The van der Waals surface area contributed by atoms with Gasteiger partial charge in [0.25, 0.3) is 0 Å². The smallest absolute Gasteiger partial charge is 0.223 e. The van der Waals surface area contributed by atoms with Crippen LogP contribution in [-0.2, 0) is 11.2 Å². The number of nitrogens with zero attached hydrogens (tertiary/aromatic N) is 6. The first-order valence-electron chi connectivity index (χ1n) is 14.3. The summed E-state index contributed by atoms with van der Waals surface area (Å²) in [5, 5.41) is 2.25. The van der Waals surface area contributed by atoms with E-state index in [0.29, 0.717) is 25.1 Å². The number of carbonyl (C=O) groups excluding carboxylic acids is 1. The fraction of sp³-hybridized carbons (Fsp3) is 0.355.